The van der Waals surface area contributed by atoms with E-state index in [0.717, 1.165) is 43.3 Å². The molecule has 0 unspecified atom stereocenters. The van der Waals surface area contributed by atoms with Gasteiger partial charge in [0.2, 0.25) is 0 Å². The fraction of sp³-hybridized carbons (Fsp3) is 0.0690. The number of rotatable bonds is 7. The first-order chi connectivity index (χ1) is 17.4. The quantitative estimate of drug-likeness (QED) is 0.226. The molecule has 0 saturated heterocycles. The summed E-state index contributed by atoms with van der Waals surface area (Å²) in [7, 11) is 0. The van der Waals surface area contributed by atoms with E-state index < -0.39 is 5.54 Å². The predicted octanol–water partition coefficient (Wildman–Crippen LogP) is 4.79. The van der Waals surface area contributed by atoms with Gasteiger partial charge in [0.1, 0.15) is 0 Å². The monoisotopic (exact) mass is 517 g/mol. The summed E-state index contributed by atoms with van der Waals surface area (Å²) in [5.74, 6) is 0.975. The summed E-state index contributed by atoms with van der Waals surface area (Å²) < 4.78 is 8.77. The molecule has 6 aromatic rings. The van der Waals surface area contributed by atoms with Gasteiger partial charge in [-0.1, -0.05) is 0 Å². The number of hydrogen-bond donors (Lipinski definition) is 0. The molecule has 0 amide bonds. The Bertz CT molecular complexity index is 1440. The summed E-state index contributed by atoms with van der Waals surface area (Å²) in [5, 5.41) is 0.851. The number of fused-ring (bicyclic) bond motifs is 1. The summed E-state index contributed by atoms with van der Waals surface area (Å²) in [6, 6.07) is 35.7. The van der Waals surface area contributed by atoms with Crippen molar-refractivity contribution < 1.29 is 4.42 Å². The number of benzene rings is 3. The van der Waals surface area contributed by atoms with Crippen molar-refractivity contribution in [3.63, 3.8) is 0 Å². The van der Waals surface area contributed by atoms with Gasteiger partial charge in [0.15, 0.2) is 0 Å². The molecule has 6 rings (SSSR count). The first-order valence-corrected chi connectivity index (χ1v) is 13.7. The topological polar surface area (TPSA) is 56.7 Å². The van der Waals surface area contributed by atoms with Crippen molar-refractivity contribution >= 4 is 31.4 Å². The van der Waals surface area contributed by atoms with Crippen molar-refractivity contribution in [2.24, 2.45) is 0 Å². The molecular formula is C29H22AsN4O. The zero-order valence-electron chi connectivity index (χ0n) is 18.9. The second-order valence-corrected chi connectivity index (χ2v) is 10.4. The molecule has 3 aromatic carbocycles. The summed E-state index contributed by atoms with van der Waals surface area (Å²) in [6.07, 6.45) is 5.30. The molecule has 1 radical (unpaired) electrons. The molecule has 0 saturated carbocycles. The Morgan fingerprint density at radius 3 is 1.83 bits per heavy atom. The third-order valence-electron chi connectivity index (χ3n) is 6.21. The van der Waals surface area contributed by atoms with Gasteiger partial charge in [0, 0.05) is 0 Å². The zero-order valence-corrected chi connectivity index (χ0v) is 20.8. The van der Waals surface area contributed by atoms with E-state index in [1.54, 1.807) is 12.6 Å². The molecule has 3 heterocycles. The van der Waals surface area contributed by atoms with Crippen LogP contribution in [0.4, 0.5) is 0 Å². The van der Waals surface area contributed by atoms with E-state index in [9.17, 15) is 0 Å². The molecule has 0 aliphatic rings. The van der Waals surface area contributed by atoms with Gasteiger partial charge in [-0.2, -0.15) is 0 Å². The standard InChI is InChI=1S/C29H22AsN4O/c1-4-11-22(12-5-1)29(23-13-6-2-7-14-23,24-15-8-3-9-16-24)34-21-33-26-27(31-20-32-28(26)34)30-19-25-17-10-18-35-25/h1-18,20-21H,19H2. The Hall–Kier alpha value is -3.95. The minimum atomic E-state index is -0.651. The summed E-state index contributed by atoms with van der Waals surface area (Å²) in [5.41, 5.74) is 4.44. The SMILES string of the molecule is c1ccc(C(c2ccccc2)(c2ccccc2)n2cnc3c([As]Cc4ccco4)ncnc32)cc1. The minimum absolute atomic E-state index is 0.266. The van der Waals surface area contributed by atoms with Crippen LogP contribution < -0.4 is 4.48 Å². The second kappa shape index (κ2) is 9.36. The van der Waals surface area contributed by atoms with Crippen LogP contribution in [0, 0.1) is 0 Å². The maximum atomic E-state index is 5.55. The van der Waals surface area contributed by atoms with Crippen molar-refractivity contribution in [1.29, 1.82) is 0 Å². The number of hydrogen-bond acceptors (Lipinski definition) is 4. The third-order valence-corrected chi connectivity index (χ3v) is 8.52. The fourth-order valence-electron chi connectivity index (χ4n) is 4.69. The number of nitrogens with zero attached hydrogens (tertiary/aromatic N) is 4. The van der Waals surface area contributed by atoms with E-state index in [0.29, 0.717) is 0 Å². The van der Waals surface area contributed by atoms with Crippen molar-refractivity contribution in [3.8, 4) is 0 Å². The van der Waals surface area contributed by atoms with Crippen LogP contribution in [0.3, 0.4) is 0 Å². The zero-order chi connectivity index (χ0) is 23.5. The van der Waals surface area contributed by atoms with Crippen molar-refractivity contribution in [2.45, 2.75) is 10.7 Å². The summed E-state index contributed by atoms with van der Waals surface area (Å²) in [6.45, 7) is 0. The number of aromatic nitrogens is 4. The van der Waals surface area contributed by atoms with Crippen LogP contribution in [-0.2, 0) is 10.7 Å². The maximum absolute atomic E-state index is 5.55. The van der Waals surface area contributed by atoms with E-state index >= 15 is 0 Å². The average molecular weight is 517 g/mol. The van der Waals surface area contributed by atoms with Gasteiger partial charge in [-0.15, -0.1) is 0 Å². The molecule has 0 aliphatic carbocycles. The van der Waals surface area contributed by atoms with Gasteiger partial charge in [-0.25, -0.2) is 0 Å². The van der Waals surface area contributed by atoms with Crippen LogP contribution in [0.15, 0.2) is 126 Å². The van der Waals surface area contributed by atoms with Crippen LogP contribution in [-0.4, -0.2) is 35.3 Å². The van der Waals surface area contributed by atoms with Crippen molar-refractivity contribution in [2.75, 3.05) is 0 Å². The van der Waals surface area contributed by atoms with Crippen LogP contribution in [0.25, 0.3) is 11.2 Å². The molecule has 0 fully saturated rings. The first-order valence-electron chi connectivity index (χ1n) is 11.4. The Balaban J connectivity index is 1.61. The Morgan fingerprint density at radius 1 is 0.686 bits per heavy atom. The molecule has 5 nitrogen and oxygen atoms in total. The molecule has 0 N–H and O–H groups in total. The number of imidazole rings is 1. The van der Waals surface area contributed by atoms with E-state index in [1.807, 2.05) is 18.5 Å². The van der Waals surface area contributed by atoms with E-state index in [1.165, 1.54) is 0 Å². The molecule has 0 bridgehead atoms. The van der Waals surface area contributed by atoms with E-state index in [4.69, 9.17) is 14.4 Å². The van der Waals surface area contributed by atoms with Gasteiger partial charge >= 0.3 is 211 Å². The van der Waals surface area contributed by atoms with Gasteiger partial charge < -0.3 is 0 Å². The second-order valence-electron chi connectivity index (χ2n) is 8.19. The van der Waals surface area contributed by atoms with E-state index in [-0.39, 0.29) is 15.8 Å². The Kier molecular flexibility index (Phi) is 5.77. The molecule has 35 heavy (non-hydrogen) atoms. The summed E-state index contributed by atoms with van der Waals surface area (Å²) in [4.78, 5) is 14.3. The van der Waals surface area contributed by atoms with Gasteiger partial charge in [-0.05, 0) is 0 Å². The molecular weight excluding hydrogens is 495 g/mol. The van der Waals surface area contributed by atoms with Gasteiger partial charge in [-0.3, -0.25) is 0 Å². The van der Waals surface area contributed by atoms with Gasteiger partial charge in [0.25, 0.3) is 0 Å². The number of furan rings is 1. The normalized spacial score (nSPS) is 12.0. The van der Waals surface area contributed by atoms with Crippen molar-refractivity contribution in [1.82, 2.24) is 19.5 Å². The molecule has 6 heteroatoms. The fourth-order valence-corrected chi connectivity index (χ4v) is 6.64. The summed E-state index contributed by atoms with van der Waals surface area (Å²) >= 11 is -0.266. The predicted molar refractivity (Wildman–Crippen MR) is 138 cm³/mol. The first kappa shape index (κ1) is 21.6. The molecule has 169 valence electrons. The molecule has 0 aliphatic heterocycles. The van der Waals surface area contributed by atoms with Crippen LogP contribution in [0.1, 0.15) is 22.5 Å². The van der Waals surface area contributed by atoms with Crippen molar-refractivity contribution in [3.05, 3.63) is 144 Å². The Labute approximate surface area is 210 Å². The average Bonchev–Trinajstić information content (AvgIpc) is 3.61. The molecule has 0 spiro atoms. The van der Waals surface area contributed by atoms with Crippen LogP contribution in [0.2, 0.25) is 0 Å². The third kappa shape index (κ3) is 3.78. The van der Waals surface area contributed by atoms with Gasteiger partial charge in [0.05, 0.1) is 0 Å². The molecule has 3 aromatic heterocycles. The van der Waals surface area contributed by atoms with E-state index in [2.05, 4.69) is 101 Å². The van der Waals surface area contributed by atoms with Crippen LogP contribution >= 0.6 is 0 Å². The molecule has 0 atom stereocenters. The van der Waals surface area contributed by atoms with Crippen LogP contribution in [0.5, 0.6) is 0 Å². The Morgan fingerprint density at radius 2 is 1.29 bits per heavy atom.